The second-order valence-electron chi connectivity index (χ2n) is 4.78. The molecule has 0 saturated carbocycles. The molecule has 0 bridgehead atoms. The number of rotatable bonds is 5. The molecule has 0 aliphatic carbocycles. The lowest BCUT2D eigenvalue weighted by Gasteiger charge is -2.25. The van der Waals surface area contributed by atoms with Gasteiger partial charge in [-0.05, 0) is 27.7 Å². The number of carbonyl (C=O) groups excluding carboxylic acids is 2. The fraction of sp³-hybridized carbons (Fsp3) is 0.667. The van der Waals surface area contributed by atoms with E-state index in [4.69, 9.17) is 4.74 Å². The first-order valence-corrected chi connectivity index (χ1v) is 5.62. The fourth-order valence-electron chi connectivity index (χ4n) is 1.04. The minimum Gasteiger partial charge on any atom is -0.458 e. The van der Waals surface area contributed by atoms with Crippen molar-refractivity contribution >= 4 is 12.1 Å². The van der Waals surface area contributed by atoms with Crippen molar-refractivity contribution in [3.8, 4) is 0 Å². The average molecular weight is 259 g/mol. The Kier molecular flexibility index (Phi) is 6.40. The number of hydrogen-bond acceptors (Lipinski definition) is 5. The van der Waals surface area contributed by atoms with Gasteiger partial charge in [0.1, 0.15) is 12.2 Å². The number of ether oxygens (including phenoxy) is 2. The number of aliphatic hydroxyl groups is 1. The summed E-state index contributed by atoms with van der Waals surface area (Å²) in [6.45, 7) is 9.87. The maximum atomic E-state index is 11.7. The van der Waals surface area contributed by atoms with Crippen LogP contribution < -0.4 is 5.32 Å². The average Bonchev–Trinajstić information content (AvgIpc) is 2.19. The molecule has 2 atom stereocenters. The number of nitrogens with one attached hydrogen (secondary N) is 1. The highest BCUT2D eigenvalue weighted by Gasteiger charge is 2.30. The molecule has 18 heavy (non-hydrogen) atoms. The summed E-state index contributed by atoms with van der Waals surface area (Å²) in [5, 5.41) is 11.7. The van der Waals surface area contributed by atoms with Gasteiger partial charge < -0.3 is 19.9 Å². The van der Waals surface area contributed by atoms with E-state index in [0.717, 1.165) is 0 Å². The molecule has 6 nitrogen and oxygen atoms in total. The van der Waals surface area contributed by atoms with Gasteiger partial charge in [-0.1, -0.05) is 12.7 Å². The summed E-state index contributed by atoms with van der Waals surface area (Å²) >= 11 is 0. The lowest BCUT2D eigenvalue weighted by atomic mass is 10.1. The molecule has 0 aromatic rings. The van der Waals surface area contributed by atoms with Gasteiger partial charge in [-0.2, -0.15) is 0 Å². The van der Waals surface area contributed by atoms with Crippen molar-refractivity contribution in [1.82, 2.24) is 5.32 Å². The first-order chi connectivity index (χ1) is 8.17. The van der Waals surface area contributed by atoms with Gasteiger partial charge >= 0.3 is 12.1 Å². The number of carbonyl (C=O) groups is 2. The van der Waals surface area contributed by atoms with Crippen LogP contribution in [0.2, 0.25) is 0 Å². The summed E-state index contributed by atoms with van der Waals surface area (Å²) in [7, 11) is 0. The van der Waals surface area contributed by atoms with E-state index in [1.807, 2.05) is 0 Å². The highest BCUT2D eigenvalue weighted by Crippen LogP contribution is 2.10. The monoisotopic (exact) mass is 259 g/mol. The molecule has 0 aromatic carbocycles. The van der Waals surface area contributed by atoms with Crippen molar-refractivity contribution in [3.05, 3.63) is 12.7 Å². The molecule has 0 heterocycles. The predicted octanol–water partition coefficient (Wildman–Crippen LogP) is 0.990. The molecule has 0 saturated heterocycles. The normalized spacial score (nSPS) is 14.3. The maximum Gasteiger partial charge on any atom is 0.408 e. The van der Waals surface area contributed by atoms with Gasteiger partial charge in [-0.15, -0.1) is 0 Å². The van der Waals surface area contributed by atoms with Crippen LogP contribution in [-0.4, -0.2) is 41.5 Å². The van der Waals surface area contributed by atoms with Gasteiger partial charge in [0, 0.05) is 0 Å². The summed E-state index contributed by atoms with van der Waals surface area (Å²) < 4.78 is 9.74. The summed E-state index contributed by atoms with van der Waals surface area (Å²) in [6, 6.07) is -1.17. The Bertz CT molecular complexity index is 306. The van der Waals surface area contributed by atoms with Crippen LogP contribution in [0.4, 0.5) is 4.79 Å². The molecule has 0 unspecified atom stereocenters. The standard InChI is InChI=1S/C12H21NO5/c1-6-7-17-11(16)13-9(8(2)14)10(15)18-12(3,4)5/h6,8-9,14H,1,7H2,2-5H3,(H,13,16)/t8-,9+/m1/s1. The third kappa shape index (κ3) is 6.90. The van der Waals surface area contributed by atoms with Gasteiger partial charge in [-0.3, -0.25) is 0 Å². The molecule has 0 rings (SSSR count). The van der Waals surface area contributed by atoms with E-state index >= 15 is 0 Å². The van der Waals surface area contributed by atoms with Crippen molar-refractivity contribution < 1.29 is 24.2 Å². The summed E-state index contributed by atoms with van der Waals surface area (Å²) in [5.74, 6) is -0.715. The van der Waals surface area contributed by atoms with Gasteiger partial charge in [0.05, 0.1) is 6.10 Å². The van der Waals surface area contributed by atoms with E-state index in [-0.39, 0.29) is 6.61 Å². The van der Waals surface area contributed by atoms with Crippen LogP contribution in [0.1, 0.15) is 27.7 Å². The first kappa shape index (κ1) is 16.4. The Hall–Kier alpha value is -1.56. The van der Waals surface area contributed by atoms with Crippen LogP contribution in [0, 0.1) is 0 Å². The van der Waals surface area contributed by atoms with Crippen molar-refractivity contribution in [3.63, 3.8) is 0 Å². The van der Waals surface area contributed by atoms with E-state index in [9.17, 15) is 14.7 Å². The van der Waals surface area contributed by atoms with Gasteiger partial charge in [0.2, 0.25) is 0 Å². The van der Waals surface area contributed by atoms with E-state index < -0.39 is 29.8 Å². The number of hydrogen-bond donors (Lipinski definition) is 2. The van der Waals surface area contributed by atoms with E-state index in [1.54, 1.807) is 20.8 Å². The second-order valence-corrected chi connectivity index (χ2v) is 4.78. The molecule has 0 radical (unpaired) electrons. The molecule has 104 valence electrons. The quantitative estimate of drug-likeness (QED) is 0.568. The molecule has 0 aliphatic rings. The van der Waals surface area contributed by atoms with E-state index in [1.165, 1.54) is 13.0 Å². The Morgan fingerprint density at radius 1 is 1.44 bits per heavy atom. The molecule has 0 spiro atoms. The molecular weight excluding hydrogens is 238 g/mol. The zero-order valence-corrected chi connectivity index (χ0v) is 11.2. The zero-order valence-electron chi connectivity index (χ0n) is 11.2. The first-order valence-electron chi connectivity index (χ1n) is 5.62. The highest BCUT2D eigenvalue weighted by molar-refractivity contribution is 5.82. The largest absolute Gasteiger partial charge is 0.458 e. The molecule has 1 amide bonds. The van der Waals surface area contributed by atoms with Crippen LogP contribution in [0.5, 0.6) is 0 Å². The summed E-state index contributed by atoms with van der Waals surface area (Å²) in [5.41, 5.74) is -0.697. The Labute approximate surface area is 107 Å². The molecule has 6 heteroatoms. The predicted molar refractivity (Wildman–Crippen MR) is 66.0 cm³/mol. The topological polar surface area (TPSA) is 84.9 Å². The summed E-state index contributed by atoms with van der Waals surface area (Å²) in [6.07, 6.45) is -0.507. The second kappa shape index (κ2) is 7.00. The molecule has 2 N–H and O–H groups in total. The van der Waals surface area contributed by atoms with Crippen molar-refractivity contribution in [1.29, 1.82) is 0 Å². The number of aliphatic hydroxyl groups excluding tert-OH is 1. The maximum absolute atomic E-state index is 11.7. The minimum atomic E-state index is -1.17. The van der Waals surface area contributed by atoms with Crippen LogP contribution >= 0.6 is 0 Å². The van der Waals surface area contributed by atoms with Crippen molar-refractivity contribution in [2.45, 2.75) is 45.4 Å². The number of alkyl carbamates (subject to hydrolysis) is 1. The Morgan fingerprint density at radius 3 is 2.39 bits per heavy atom. The number of esters is 1. The van der Waals surface area contributed by atoms with Crippen molar-refractivity contribution in [2.24, 2.45) is 0 Å². The molecule has 0 aromatic heterocycles. The van der Waals surface area contributed by atoms with Crippen molar-refractivity contribution in [2.75, 3.05) is 6.61 Å². The number of amides is 1. The molecule has 0 fully saturated rings. The van der Waals surface area contributed by atoms with Crippen LogP contribution in [0.3, 0.4) is 0 Å². The SMILES string of the molecule is C=CCOC(=O)N[C@H](C(=O)OC(C)(C)C)[C@@H](C)O. The minimum absolute atomic E-state index is 0.0205. The zero-order chi connectivity index (χ0) is 14.3. The lowest BCUT2D eigenvalue weighted by Crippen LogP contribution is -2.50. The van der Waals surface area contributed by atoms with Gasteiger partial charge in [0.25, 0.3) is 0 Å². The smallest absolute Gasteiger partial charge is 0.408 e. The fourth-order valence-corrected chi connectivity index (χ4v) is 1.04. The third-order valence-electron chi connectivity index (χ3n) is 1.75. The van der Waals surface area contributed by atoms with Gasteiger partial charge in [-0.25, -0.2) is 9.59 Å². The third-order valence-corrected chi connectivity index (χ3v) is 1.75. The van der Waals surface area contributed by atoms with Gasteiger partial charge in [0.15, 0.2) is 6.04 Å². The van der Waals surface area contributed by atoms with E-state index in [2.05, 4.69) is 16.6 Å². The Morgan fingerprint density at radius 2 is 2.00 bits per heavy atom. The lowest BCUT2D eigenvalue weighted by molar-refractivity contribution is -0.160. The highest BCUT2D eigenvalue weighted by atomic mass is 16.6. The van der Waals surface area contributed by atoms with Crippen LogP contribution in [0.25, 0.3) is 0 Å². The van der Waals surface area contributed by atoms with Crippen LogP contribution in [-0.2, 0) is 14.3 Å². The molecular formula is C12H21NO5. The Balaban J connectivity index is 4.52. The summed E-state index contributed by atoms with van der Waals surface area (Å²) in [4.78, 5) is 23.0. The van der Waals surface area contributed by atoms with Crippen LogP contribution in [0.15, 0.2) is 12.7 Å². The van der Waals surface area contributed by atoms with E-state index in [0.29, 0.717) is 0 Å². The molecule has 0 aliphatic heterocycles.